The van der Waals surface area contributed by atoms with Gasteiger partial charge >= 0.3 is 0 Å². The average molecular weight is 522 g/mol. The lowest BCUT2D eigenvalue weighted by atomic mass is 10.0. The van der Waals surface area contributed by atoms with E-state index in [2.05, 4.69) is 19.9 Å². The summed E-state index contributed by atoms with van der Waals surface area (Å²) in [6.45, 7) is 9.02. The van der Waals surface area contributed by atoms with E-state index in [1.807, 2.05) is 56.3 Å². The van der Waals surface area contributed by atoms with Gasteiger partial charge < -0.3 is 0 Å². The van der Waals surface area contributed by atoms with Crippen LogP contribution in [0.3, 0.4) is 0 Å². The molecule has 0 fully saturated rings. The third-order valence-corrected chi connectivity index (χ3v) is 9.27. The van der Waals surface area contributed by atoms with Crippen molar-refractivity contribution in [2.75, 3.05) is 18.0 Å². The first-order valence-electron chi connectivity index (χ1n) is 12.1. The zero-order valence-corrected chi connectivity index (χ0v) is 22.6. The highest BCUT2D eigenvalue weighted by molar-refractivity contribution is 7.89. The first kappa shape index (κ1) is 26.0. The van der Waals surface area contributed by atoms with Crippen molar-refractivity contribution in [3.8, 4) is 0 Å². The number of para-hydroxylation sites is 1. The normalized spacial score (nSPS) is 11.9. The number of benzene rings is 3. The van der Waals surface area contributed by atoms with Gasteiger partial charge in [0.1, 0.15) is 0 Å². The van der Waals surface area contributed by atoms with E-state index in [9.17, 15) is 13.2 Å². The zero-order valence-electron chi connectivity index (χ0n) is 21.0. The maximum absolute atomic E-state index is 13.8. The topological polar surface area (TPSA) is 70.6 Å². The zero-order chi connectivity index (χ0) is 25.9. The number of hydrogen-bond donors (Lipinski definition) is 0. The Balaban J connectivity index is 1.73. The summed E-state index contributed by atoms with van der Waals surface area (Å²) in [5.41, 5.74) is 3.45. The summed E-state index contributed by atoms with van der Waals surface area (Å²) in [4.78, 5) is 20.5. The lowest BCUT2D eigenvalue weighted by molar-refractivity contribution is 0.0985. The fourth-order valence-electron chi connectivity index (χ4n) is 4.17. The molecule has 6 nitrogen and oxygen atoms in total. The standard InChI is InChI=1S/C28H31N3O3S2/c1-5-30(6-2)36(33,34)23-17-15-22(16-18-23)27(32)31(19-21-11-8-7-9-12-21)28-29-26-24(20(3)4)13-10-14-25(26)35-28/h7-18,20H,5-6,19H2,1-4H3. The Morgan fingerprint density at radius 1 is 0.917 bits per heavy atom. The Kier molecular flexibility index (Phi) is 7.88. The summed E-state index contributed by atoms with van der Waals surface area (Å²) in [6.07, 6.45) is 0. The number of sulfonamides is 1. The minimum Gasteiger partial charge on any atom is -0.279 e. The van der Waals surface area contributed by atoms with E-state index in [1.165, 1.54) is 27.8 Å². The molecule has 1 heterocycles. The van der Waals surface area contributed by atoms with Crippen molar-refractivity contribution in [1.29, 1.82) is 0 Å². The minimum absolute atomic E-state index is 0.180. The van der Waals surface area contributed by atoms with Crippen molar-refractivity contribution in [2.24, 2.45) is 0 Å². The number of amides is 1. The molecule has 0 N–H and O–H groups in total. The first-order valence-corrected chi connectivity index (χ1v) is 14.4. The predicted octanol–water partition coefficient (Wildman–Crippen LogP) is 6.30. The number of aromatic nitrogens is 1. The molecule has 0 saturated carbocycles. The summed E-state index contributed by atoms with van der Waals surface area (Å²) in [7, 11) is -3.60. The molecule has 0 aliphatic heterocycles. The van der Waals surface area contributed by atoms with Gasteiger partial charge in [-0.15, -0.1) is 0 Å². The highest BCUT2D eigenvalue weighted by Crippen LogP contribution is 2.35. The van der Waals surface area contributed by atoms with Gasteiger partial charge in [0.15, 0.2) is 5.13 Å². The molecule has 8 heteroatoms. The van der Waals surface area contributed by atoms with Crippen LogP contribution in [-0.4, -0.2) is 36.7 Å². The highest BCUT2D eigenvalue weighted by atomic mass is 32.2. The van der Waals surface area contributed by atoms with Crippen molar-refractivity contribution < 1.29 is 13.2 Å². The Labute approximate surface area is 217 Å². The molecule has 3 aromatic carbocycles. The number of thiazole rings is 1. The molecule has 0 radical (unpaired) electrons. The Hall–Kier alpha value is -3.07. The van der Waals surface area contributed by atoms with E-state index >= 15 is 0 Å². The van der Waals surface area contributed by atoms with Crippen LogP contribution in [0.5, 0.6) is 0 Å². The van der Waals surface area contributed by atoms with Crippen LogP contribution in [-0.2, 0) is 16.6 Å². The number of anilines is 1. The van der Waals surface area contributed by atoms with E-state index in [4.69, 9.17) is 4.98 Å². The molecule has 0 spiro atoms. The Morgan fingerprint density at radius 2 is 1.58 bits per heavy atom. The van der Waals surface area contributed by atoms with Crippen molar-refractivity contribution in [3.05, 3.63) is 89.5 Å². The van der Waals surface area contributed by atoms with E-state index in [1.54, 1.807) is 17.0 Å². The van der Waals surface area contributed by atoms with Gasteiger partial charge in [-0.2, -0.15) is 4.31 Å². The van der Waals surface area contributed by atoms with E-state index < -0.39 is 10.0 Å². The third-order valence-electron chi connectivity index (χ3n) is 6.16. The van der Waals surface area contributed by atoms with Crippen LogP contribution in [0.2, 0.25) is 0 Å². The number of rotatable bonds is 9. The monoisotopic (exact) mass is 521 g/mol. The third kappa shape index (κ3) is 5.21. The number of hydrogen-bond acceptors (Lipinski definition) is 5. The van der Waals surface area contributed by atoms with E-state index in [-0.39, 0.29) is 10.8 Å². The van der Waals surface area contributed by atoms with Crippen LogP contribution in [0.15, 0.2) is 77.7 Å². The van der Waals surface area contributed by atoms with Crippen molar-refractivity contribution in [2.45, 2.75) is 45.1 Å². The number of nitrogens with zero attached hydrogens (tertiary/aromatic N) is 3. The molecule has 0 aliphatic rings. The van der Waals surface area contributed by atoms with Crippen LogP contribution in [0.1, 0.15) is 55.1 Å². The van der Waals surface area contributed by atoms with Gasteiger partial charge in [-0.3, -0.25) is 9.69 Å². The lowest BCUT2D eigenvalue weighted by Crippen LogP contribution is -2.31. The van der Waals surface area contributed by atoms with Crippen LogP contribution >= 0.6 is 11.3 Å². The molecule has 0 saturated heterocycles. The number of carbonyl (C=O) groups is 1. The predicted molar refractivity (Wildman–Crippen MR) is 147 cm³/mol. The largest absolute Gasteiger partial charge is 0.279 e. The second-order valence-corrected chi connectivity index (χ2v) is 11.8. The van der Waals surface area contributed by atoms with Crippen molar-refractivity contribution >= 4 is 42.6 Å². The Morgan fingerprint density at radius 3 is 2.19 bits per heavy atom. The van der Waals surface area contributed by atoms with E-state index in [0.717, 1.165) is 21.3 Å². The summed E-state index contributed by atoms with van der Waals surface area (Å²) < 4.78 is 28.2. The van der Waals surface area contributed by atoms with Gasteiger partial charge in [0.2, 0.25) is 10.0 Å². The molecule has 0 unspecified atom stereocenters. The van der Waals surface area contributed by atoms with Crippen molar-refractivity contribution in [1.82, 2.24) is 9.29 Å². The van der Waals surface area contributed by atoms with E-state index in [0.29, 0.717) is 36.2 Å². The second-order valence-electron chi connectivity index (χ2n) is 8.84. The molecular weight excluding hydrogens is 490 g/mol. The molecule has 36 heavy (non-hydrogen) atoms. The smallest absolute Gasteiger partial charge is 0.260 e. The van der Waals surface area contributed by atoms with Crippen LogP contribution in [0.4, 0.5) is 5.13 Å². The minimum atomic E-state index is -3.60. The summed E-state index contributed by atoms with van der Waals surface area (Å²) in [6, 6.07) is 22.1. The summed E-state index contributed by atoms with van der Waals surface area (Å²) in [5, 5.41) is 0.617. The quantitative estimate of drug-likeness (QED) is 0.259. The molecular formula is C28H31N3O3S2. The summed E-state index contributed by atoms with van der Waals surface area (Å²) >= 11 is 1.49. The molecule has 1 aromatic heterocycles. The summed E-state index contributed by atoms with van der Waals surface area (Å²) in [5.74, 6) is 0.0815. The lowest BCUT2D eigenvalue weighted by Gasteiger charge is -2.21. The molecule has 0 bridgehead atoms. The van der Waals surface area contributed by atoms with Crippen molar-refractivity contribution in [3.63, 3.8) is 0 Å². The average Bonchev–Trinajstić information content (AvgIpc) is 3.32. The molecule has 0 aliphatic carbocycles. The van der Waals surface area contributed by atoms with Crippen LogP contribution in [0.25, 0.3) is 10.2 Å². The van der Waals surface area contributed by atoms with Gasteiger partial charge in [-0.1, -0.05) is 81.5 Å². The molecule has 4 rings (SSSR count). The molecule has 4 aromatic rings. The van der Waals surface area contributed by atoms with Crippen LogP contribution in [0, 0.1) is 0 Å². The highest BCUT2D eigenvalue weighted by Gasteiger charge is 2.25. The SMILES string of the molecule is CCN(CC)S(=O)(=O)c1ccc(C(=O)N(Cc2ccccc2)c2nc3c(C(C)C)cccc3s2)cc1. The van der Waals surface area contributed by atoms with Gasteiger partial charge in [0, 0.05) is 18.7 Å². The fourth-order valence-corrected chi connectivity index (χ4v) is 6.63. The Bertz CT molecular complexity index is 1440. The fraction of sp³-hybridized carbons (Fsp3) is 0.286. The molecule has 188 valence electrons. The first-order chi connectivity index (χ1) is 17.3. The van der Waals surface area contributed by atoms with Gasteiger partial charge in [0.25, 0.3) is 5.91 Å². The number of fused-ring (bicyclic) bond motifs is 1. The van der Waals surface area contributed by atoms with Crippen LogP contribution < -0.4 is 4.90 Å². The molecule has 1 amide bonds. The van der Waals surface area contributed by atoms with Gasteiger partial charge in [-0.25, -0.2) is 13.4 Å². The van der Waals surface area contributed by atoms with Gasteiger partial charge in [0.05, 0.1) is 21.7 Å². The second kappa shape index (κ2) is 10.9. The number of carbonyl (C=O) groups excluding carboxylic acids is 1. The molecule has 0 atom stereocenters. The van der Waals surface area contributed by atoms with Gasteiger partial charge in [-0.05, 0) is 47.4 Å². The maximum atomic E-state index is 13.8. The maximum Gasteiger partial charge on any atom is 0.260 e.